The van der Waals surface area contributed by atoms with Crippen LogP contribution in [0.15, 0.2) is 36.0 Å². The molecule has 4 heteroatoms. The van der Waals surface area contributed by atoms with Gasteiger partial charge >= 0.3 is 0 Å². The Kier molecular flexibility index (Phi) is 3.91. The molecular weight excluding hydrogens is 222 g/mol. The maximum absolute atomic E-state index is 8.93. The minimum Gasteiger partial charge on any atom is -0.488 e. The van der Waals surface area contributed by atoms with Crippen molar-refractivity contribution in [2.24, 2.45) is 0 Å². The third-order valence-electron chi connectivity index (χ3n) is 2.21. The van der Waals surface area contributed by atoms with Crippen molar-refractivity contribution < 1.29 is 9.84 Å². The fourth-order valence-electron chi connectivity index (χ4n) is 1.43. The van der Waals surface area contributed by atoms with Gasteiger partial charge < -0.3 is 9.84 Å². The molecule has 1 N–H and O–H groups in total. The van der Waals surface area contributed by atoms with Crippen molar-refractivity contribution >= 4 is 11.3 Å². The van der Waals surface area contributed by atoms with E-state index in [9.17, 15) is 0 Å². The van der Waals surface area contributed by atoms with Crippen molar-refractivity contribution in [3.05, 3.63) is 46.4 Å². The number of hydrogen-bond donors (Lipinski definition) is 1. The van der Waals surface area contributed by atoms with Crippen LogP contribution >= 0.6 is 11.3 Å². The summed E-state index contributed by atoms with van der Waals surface area (Å²) in [5.41, 5.74) is 2.83. The topological polar surface area (TPSA) is 42.4 Å². The Bertz CT molecular complexity index is 428. The molecule has 1 aromatic heterocycles. The molecule has 1 aromatic carbocycles. The number of aliphatic hydroxyl groups excluding tert-OH is 1. The number of rotatable bonds is 5. The zero-order valence-electron chi connectivity index (χ0n) is 8.80. The van der Waals surface area contributed by atoms with Gasteiger partial charge in [-0.05, 0) is 18.1 Å². The van der Waals surface area contributed by atoms with Gasteiger partial charge in [0.15, 0.2) is 0 Å². The number of aliphatic hydroxyl groups is 1. The van der Waals surface area contributed by atoms with Crippen LogP contribution in [0, 0.1) is 0 Å². The Labute approximate surface area is 98.4 Å². The van der Waals surface area contributed by atoms with E-state index in [0.717, 1.165) is 16.2 Å². The van der Waals surface area contributed by atoms with E-state index in [1.807, 2.05) is 24.3 Å². The Balaban J connectivity index is 2.03. The Morgan fingerprint density at radius 2 is 2.19 bits per heavy atom. The molecule has 0 unspecified atom stereocenters. The maximum atomic E-state index is 8.93. The lowest BCUT2D eigenvalue weighted by atomic mass is 10.1. The van der Waals surface area contributed by atoms with Crippen LogP contribution in [-0.4, -0.2) is 16.7 Å². The SMILES string of the molecule is OCCc1ccccc1OCc1cncs1. The van der Waals surface area contributed by atoms with Gasteiger partial charge in [0.05, 0.1) is 10.4 Å². The normalized spacial score (nSPS) is 10.3. The van der Waals surface area contributed by atoms with Crippen molar-refractivity contribution in [1.29, 1.82) is 0 Å². The molecule has 3 nitrogen and oxygen atoms in total. The van der Waals surface area contributed by atoms with E-state index in [1.54, 1.807) is 23.0 Å². The summed E-state index contributed by atoms with van der Waals surface area (Å²) in [7, 11) is 0. The maximum Gasteiger partial charge on any atom is 0.124 e. The van der Waals surface area contributed by atoms with Gasteiger partial charge in [0, 0.05) is 12.8 Å². The Morgan fingerprint density at radius 1 is 1.31 bits per heavy atom. The second-order valence-corrected chi connectivity index (χ2v) is 4.31. The minimum absolute atomic E-state index is 0.140. The molecule has 0 amide bonds. The standard InChI is InChI=1S/C12H13NO2S/c14-6-5-10-3-1-2-4-12(10)15-8-11-7-13-9-16-11/h1-4,7,9,14H,5-6,8H2. The number of nitrogens with zero attached hydrogens (tertiary/aromatic N) is 1. The number of thiazole rings is 1. The van der Waals surface area contributed by atoms with Crippen LogP contribution in [0.1, 0.15) is 10.4 Å². The monoisotopic (exact) mass is 235 g/mol. The lowest BCUT2D eigenvalue weighted by Gasteiger charge is -2.09. The highest BCUT2D eigenvalue weighted by atomic mass is 32.1. The highest BCUT2D eigenvalue weighted by Gasteiger charge is 2.03. The molecule has 2 aromatic rings. The molecular formula is C12H13NO2S. The first-order chi connectivity index (χ1) is 7.90. The average Bonchev–Trinajstić information content (AvgIpc) is 2.81. The first-order valence-corrected chi connectivity index (χ1v) is 5.97. The van der Waals surface area contributed by atoms with Gasteiger partial charge in [0.1, 0.15) is 12.4 Å². The van der Waals surface area contributed by atoms with Crippen LogP contribution in [0.5, 0.6) is 5.75 Å². The Hall–Kier alpha value is -1.39. The predicted octanol–water partition coefficient (Wildman–Crippen LogP) is 2.26. The highest BCUT2D eigenvalue weighted by molar-refractivity contribution is 7.09. The fraction of sp³-hybridized carbons (Fsp3) is 0.250. The van der Waals surface area contributed by atoms with E-state index in [2.05, 4.69) is 4.98 Å². The molecule has 0 atom stereocenters. The van der Waals surface area contributed by atoms with Crippen molar-refractivity contribution in [1.82, 2.24) is 4.98 Å². The fourth-order valence-corrected chi connectivity index (χ4v) is 1.94. The van der Waals surface area contributed by atoms with Crippen molar-refractivity contribution in [2.45, 2.75) is 13.0 Å². The molecule has 0 spiro atoms. The van der Waals surface area contributed by atoms with Gasteiger partial charge in [-0.1, -0.05) is 18.2 Å². The molecule has 0 aliphatic heterocycles. The van der Waals surface area contributed by atoms with Gasteiger partial charge in [-0.15, -0.1) is 11.3 Å². The first-order valence-electron chi connectivity index (χ1n) is 5.09. The third kappa shape index (κ3) is 2.81. The van der Waals surface area contributed by atoms with Gasteiger partial charge in [0.2, 0.25) is 0 Å². The lowest BCUT2D eigenvalue weighted by Crippen LogP contribution is -1.98. The predicted molar refractivity (Wildman–Crippen MR) is 63.7 cm³/mol. The minimum atomic E-state index is 0.140. The second kappa shape index (κ2) is 5.63. The molecule has 2 rings (SSSR count). The van der Waals surface area contributed by atoms with E-state index >= 15 is 0 Å². The summed E-state index contributed by atoms with van der Waals surface area (Å²) in [5, 5.41) is 8.93. The van der Waals surface area contributed by atoms with E-state index < -0.39 is 0 Å². The number of benzene rings is 1. The third-order valence-corrected chi connectivity index (χ3v) is 2.96. The largest absolute Gasteiger partial charge is 0.488 e. The summed E-state index contributed by atoms with van der Waals surface area (Å²) in [5.74, 6) is 0.838. The van der Waals surface area contributed by atoms with Crippen molar-refractivity contribution in [3.8, 4) is 5.75 Å². The number of para-hydroxylation sites is 1. The van der Waals surface area contributed by atoms with Crippen LogP contribution < -0.4 is 4.74 Å². The summed E-state index contributed by atoms with van der Waals surface area (Å²) in [6, 6.07) is 7.78. The zero-order valence-corrected chi connectivity index (χ0v) is 9.61. The number of ether oxygens (including phenoxy) is 1. The van der Waals surface area contributed by atoms with Gasteiger partial charge in [-0.25, -0.2) is 0 Å². The van der Waals surface area contributed by atoms with Gasteiger partial charge in [-0.3, -0.25) is 4.98 Å². The molecule has 0 bridgehead atoms. The number of hydrogen-bond acceptors (Lipinski definition) is 4. The van der Waals surface area contributed by atoms with Crippen LogP contribution in [0.2, 0.25) is 0 Å². The quantitative estimate of drug-likeness (QED) is 0.864. The smallest absolute Gasteiger partial charge is 0.124 e. The highest BCUT2D eigenvalue weighted by Crippen LogP contribution is 2.20. The number of aromatic nitrogens is 1. The van der Waals surface area contributed by atoms with Crippen molar-refractivity contribution in [3.63, 3.8) is 0 Å². The molecule has 0 saturated heterocycles. The summed E-state index contributed by atoms with van der Waals surface area (Å²) >= 11 is 1.58. The van der Waals surface area contributed by atoms with Crippen molar-refractivity contribution in [2.75, 3.05) is 6.61 Å². The summed E-state index contributed by atoms with van der Waals surface area (Å²) in [6.07, 6.45) is 2.43. The summed E-state index contributed by atoms with van der Waals surface area (Å²) in [6.45, 7) is 0.675. The molecule has 0 aliphatic carbocycles. The summed E-state index contributed by atoms with van der Waals surface area (Å²) < 4.78 is 5.69. The molecule has 84 valence electrons. The van der Waals surface area contributed by atoms with E-state index in [0.29, 0.717) is 13.0 Å². The molecule has 16 heavy (non-hydrogen) atoms. The lowest BCUT2D eigenvalue weighted by molar-refractivity contribution is 0.285. The van der Waals surface area contributed by atoms with Crippen LogP contribution in [-0.2, 0) is 13.0 Å². The molecule has 0 aliphatic rings. The van der Waals surface area contributed by atoms with E-state index in [1.165, 1.54) is 0 Å². The summed E-state index contributed by atoms with van der Waals surface area (Å²) in [4.78, 5) is 5.09. The molecule has 0 fully saturated rings. The van der Waals surface area contributed by atoms with E-state index in [-0.39, 0.29) is 6.61 Å². The molecule has 0 radical (unpaired) electrons. The second-order valence-electron chi connectivity index (χ2n) is 3.34. The van der Waals surface area contributed by atoms with E-state index in [4.69, 9.17) is 9.84 Å². The van der Waals surface area contributed by atoms with Gasteiger partial charge in [-0.2, -0.15) is 0 Å². The van der Waals surface area contributed by atoms with Crippen LogP contribution in [0.4, 0.5) is 0 Å². The van der Waals surface area contributed by atoms with Gasteiger partial charge in [0.25, 0.3) is 0 Å². The molecule has 0 saturated carbocycles. The first kappa shape index (κ1) is 11.1. The average molecular weight is 235 g/mol. The van der Waals surface area contributed by atoms with Crippen LogP contribution in [0.25, 0.3) is 0 Å². The molecule has 1 heterocycles. The Morgan fingerprint density at radius 3 is 2.94 bits per heavy atom. The zero-order chi connectivity index (χ0) is 11.2. The van der Waals surface area contributed by atoms with Crippen LogP contribution in [0.3, 0.4) is 0 Å².